The van der Waals surface area contributed by atoms with Gasteiger partial charge in [-0.3, -0.25) is 9.59 Å². The number of carboxylic acid groups (broad SMARTS) is 1. The Morgan fingerprint density at radius 3 is 2.32 bits per heavy atom. The summed E-state index contributed by atoms with van der Waals surface area (Å²) >= 11 is 0. The number of amides is 1. The minimum absolute atomic E-state index is 0.0590. The molecular weight excluding hydrogens is 428 g/mol. The van der Waals surface area contributed by atoms with Crippen molar-refractivity contribution in [2.75, 3.05) is 31.1 Å². The van der Waals surface area contributed by atoms with Gasteiger partial charge in [0.05, 0.1) is 23.0 Å². The van der Waals surface area contributed by atoms with Crippen LogP contribution in [-0.4, -0.2) is 58.0 Å². The van der Waals surface area contributed by atoms with Crippen LogP contribution in [0.2, 0.25) is 0 Å². The number of aryl methyl sites for hydroxylation is 1. The predicted molar refractivity (Wildman–Crippen MR) is 131 cm³/mol. The molecular formula is C27H28N4O3. The molecule has 1 amide bonds. The molecule has 3 aromatic rings. The van der Waals surface area contributed by atoms with Crippen LogP contribution in [0, 0.1) is 18.8 Å². The van der Waals surface area contributed by atoms with Crippen molar-refractivity contribution < 1.29 is 14.7 Å². The fourth-order valence-electron chi connectivity index (χ4n) is 4.91. The lowest BCUT2D eigenvalue weighted by atomic mass is 9.82. The van der Waals surface area contributed by atoms with Crippen LogP contribution in [-0.2, 0) is 9.59 Å². The normalized spacial score (nSPS) is 20.5. The number of anilines is 1. The van der Waals surface area contributed by atoms with Gasteiger partial charge in [-0.1, -0.05) is 54.1 Å². The monoisotopic (exact) mass is 456 g/mol. The predicted octanol–water partition coefficient (Wildman–Crippen LogP) is 3.92. The largest absolute Gasteiger partial charge is 0.481 e. The molecule has 1 saturated heterocycles. The van der Waals surface area contributed by atoms with Crippen LogP contribution in [0.15, 0.2) is 60.7 Å². The number of carbonyl (C=O) groups is 2. The molecule has 2 heterocycles. The highest BCUT2D eigenvalue weighted by molar-refractivity contribution is 5.93. The molecule has 0 saturated carbocycles. The van der Waals surface area contributed by atoms with Crippen molar-refractivity contribution in [1.82, 2.24) is 14.9 Å². The van der Waals surface area contributed by atoms with Crippen molar-refractivity contribution in [3.63, 3.8) is 0 Å². The lowest BCUT2D eigenvalue weighted by Gasteiger charge is -2.37. The number of hydrogen-bond donors (Lipinski definition) is 1. The van der Waals surface area contributed by atoms with Gasteiger partial charge in [0.15, 0.2) is 0 Å². The van der Waals surface area contributed by atoms with Crippen molar-refractivity contribution in [2.45, 2.75) is 19.8 Å². The minimum Gasteiger partial charge on any atom is -0.481 e. The van der Waals surface area contributed by atoms with Crippen molar-refractivity contribution in [2.24, 2.45) is 11.8 Å². The maximum Gasteiger partial charge on any atom is 0.307 e. The highest BCUT2D eigenvalue weighted by Crippen LogP contribution is 2.31. The summed E-state index contributed by atoms with van der Waals surface area (Å²) in [5, 5.41) is 10.6. The fourth-order valence-corrected chi connectivity index (χ4v) is 4.91. The summed E-state index contributed by atoms with van der Waals surface area (Å²) in [4.78, 5) is 38.5. The third-order valence-corrected chi connectivity index (χ3v) is 6.83. The molecule has 1 aliphatic carbocycles. The van der Waals surface area contributed by atoms with E-state index in [0.717, 1.165) is 27.7 Å². The van der Waals surface area contributed by atoms with E-state index in [1.54, 1.807) is 4.90 Å². The average Bonchev–Trinajstić information content (AvgIpc) is 2.88. The van der Waals surface area contributed by atoms with Gasteiger partial charge in [0, 0.05) is 37.1 Å². The summed E-state index contributed by atoms with van der Waals surface area (Å²) < 4.78 is 0. The van der Waals surface area contributed by atoms with E-state index in [4.69, 9.17) is 9.97 Å². The zero-order valence-electron chi connectivity index (χ0n) is 19.2. The molecule has 1 aromatic heterocycles. The first-order valence-corrected chi connectivity index (χ1v) is 11.8. The Hall–Kier alpha value is -3.74. The number of aliphatic carboxylic acids is 1. The second-order valence-corrected chi connectivity index (χ2v) is 9.07. The summed E-state index contributed by atoms with van der Waals surface area (Å²) in [6.45, 7) is 4.34. The van der Waals surface area contributed by atoms with Crippen LogP contribution in [0.25, 0.3) is 22.2 Å². The van der Waals surface area contributed by atoms with Crippen LogP contribution >= 0.6 is 0 Å². The van der Waals surface area contributed by atoms with Gasteiger partial charge in [-0.2, -0.15) is 0 Å². The van der Waals surface area contributed by atoms with Gasteiger partial charge in [0.25, 0.3) is 0 Å². The summed E-state index contributed by atoms with van der Waals surface area (Å²) in [6, 6.07) is 16.3. The van der Waals surface area contributed by atoms with Crippen molar-refractivity contribution in [1.29, 1.82) is 0 Å². The average molecular weight is 457 g/mol. The minimum atomic E-state index is -0.894. The maximum atomic E-state index is 13.1. The molecule has 0 unspecified atom stereocenters. The van der Waals surface area contributed by atoms with E-state index in [-0.39, 0.29) is 5.91 Å². The Morgan fingerprint density at radius 1 is 0.912 bits per heavy atom. The molecule has 2 atom stereocenters. The summed E-state index contributed by atoms with van der Waals surface area (Å²) in [5.41, 5.74) is 4.00. The van der Waals surface area contributed by atoms with E-state index < -0.39 is 17.8 Å². The van der Waals surface area contributed by atoms with Crippen molar-refractivity contribution in [3.05, 3.63) is 66.2 Å². The van der Waals surface area contributed by atoms with Gasteiger partial charge in [-0.25, -0.2) is 9.97 Å². The van der Waals surface area contributed by atoms with E-state index in [2.05, 4.69) is 36.1 Å². The molecule has 5 rings (SSSR count). The number of allylic oxidation sites excluding steroid dienone is 2. The summed E-state index contributed by atoms with van der Waals surface area (Å²) in [7, 11) is 0. The number of carboxylic acids is 1. The van der Waals surface area contributed by atoms with Gasteiger partial charge in [-0.15, -0.1) is 0 Å². The molecule has 0 bridgehead atoms. The second kappa shape index (κ2) is 9.25. The van der Waals surface area contributed by atoms with E-state index in [9.17, 15) is 14.7 Å². The quantitative estimate of drug-likeness (QED) is 0.599. The van der Waals surface area contributed by atoms with Crippen molar-refractivity contribution >= 4 is 28.7 Å². The number of rotatable bonds is 4. The maximum absolute atomic E-state index is 13.1. The van der Waals surface area contributed by atoms with Crippen LogP contribution < -0.4 is 4.90 Å². The first-order valence-electron chi connectivity index (χ1n) is 11.8. The Balaban J connectivity index is 1.38. The Kier molecular flexibility index (Phi) is 6.01. The molecule has 0 radical (unpaired) electrons. The summed E-state index contributed by atoms with van der Waals surface area (Å²) in [5.74, 6) is -1.42. The molecule has 7 heteroatoms. The first kappa shape index (κ1) is 22.1. The lowest BCUT2D eigenvalue weighted by Crippen LogP contribution is -2.52. The SMILES string of the molecule is Cc1ccc2nc(N3CCN(C(=O)[C@@H]4CC=CC[C@H]4C(=O)O)CC3)nc(-c3ccccc3)c2c1. The summed E-state index contributed by atoms with van der Waals surface area (Å²) in [6.07, 6.45) is 4.69. The highest BCUT2D eigenvalue weighted by atomic mass is 16.4. The molecule has 2 aromatic carbocycles. The zero-order valence-corrected chi connectivity index (χ0v) is 19.2. The highest BCUT2D eigenvalue weighted by Gasteiger charge is 2.37. The van der Waals surface area contributed by atoms with E-state index in [1.165, 1.54) is 0 Å². The van der Waals surface area contributed by atoms with E-state index in [1.807, 2.05) is 36.4 Å². The smallest absolute Gasteiger partial charge is 0.307 e. The van der Waals surface area contributed by atoms with Gasteiger partial charge in [-0.05, 0) is 31.9 Å². The second-order valence-electron chi connectivity index (χ2n) is 9.07. The van der Waals surface area contributed by atoms with Gasteiger partial charge in [0.1, 0.15) is 0 Å². The first-order chi connectivity index (χ1) is 16.5. The number of piperazine rings is 1. The molecule has 34 heavy (non-hydrogen) atoms. The molecule has 1 fully saturated rings. The molecule has 1 aliphatic heterocycles. The Bertz CT molecular complexity index is 1250. The molecule has 2 aliphatic rings. The van der Waals surface area contributed by atoms with Crippen LogP contribution in [0.5, 0.6) is 0 Å². The van der Waals surface area contributed by atoms with Crippen LogP contribution in [0.1, 0.15) is 18.4 Å². The van der Waals surface area contributed by atoms with Gasteiger partial charge >= 0.3 is 5.97 Å². The number of carbonyl (C=O) groups excluding carboxylic acids is 1. The van der Waals surface area contributed by atoms with Crippen molar-refractivity contribution in [3.8, 4) is 11.3 Å². The number of aromatic nitrogens is 2. The number of fused-ring (bicyclic) bond motifs is 1. The van der Waals surface area contributed by atoms with E-state index >= 15 is 0 Å². The van der Waals surface area contributed by atoms with Crippen LogP contribution in [0.4, 0.5) is 5.95 Å². The third-order valence-electron chi connectivity index (χ3n) is 6.83. The lowest BCUT2D eigenvalue weighted by molar-refractivity contribution is -0.150. The molecule has 1 N–H and O–H groups in total. The van der Waals surface area contributed by atoms with E-state index in [0.29, 0.717) is 45.0 Å². The number of hydrogen-bond acceptors (Lipinski definition) is 5. The zero-order chi connectivity index (χ0) is 23.7. The number of benzene rings is 2. The number of nitrogens with zero attached hydrogens (tertiary/aromatic N) is 4. The van der Waals surface area contributed by atoms with Gasteiger partial charge in [0.2, 0.25) is 11.9 Å². The standard InChI is InChI=1S/C27H28N4O3/c1-18-11-12-23-22(17-18)24(19-7-3-2-4-8-19)29-27(28-23)31-15-13-30(14-16-31)25(32)20-9-5-6-10-21(20)26(33)34/h2-8,11-12,17,20-21H,9-10,13-16H2,1H3,(H,33,34)/t20-,21-/m1/s1. The van der Waals surface area contributed by atoms with Gasteiger partial charge < -0.3 is 14.9 Å². The Morgan fingerprint density at radius 2 is 1.62 bits per heavy atom. The van der Waals surface area contributed by atoms with Crippen LogP contribution in [0.3, 0.4) is 0 Å². The molecule has 7 nitrogen and oxygen atoms in total. The molecule has 174 valence electrons. The molecule has 0 spiro atoms. The Labute approximate surface area is 198 Å². The topological polar surface area (TPSA) is 86.6 Å². The third kappa shape index (κ3) is 4.25. The fraction of sp³-hybridized carbons (Fsp3) is 0.333.